The maximum Gasteiger partial charge on any atom is 0.416 e. The lowest BCUT2D eigenvalue weighted by Gasteiger charge is -2.20. The molecule has 9 heteroatoms. The zero-order valence-corrected chi connectivity index (χ0v) is 13.4. The number of hydrogen-bond donors (Lipinski definition) is 1. The number of aromatic nitrogens is 1. The maximum absolute atomic E-state index is 12.7. The lowest BCUT2D eigenvalue weighted by atomic mass is 10.1. The van der Waals surface area contributed by atoms with Gasteiger partial charge in [0.25, 0.3) is 5.91 Å². The average Bonchev–Trinajstić information content (AvgIpc) is 3.04. The Morgan fingerprint density at radius 1 is 1.33 bits per heavy atom. The topological polar surface area (TPSA) is 62.3 Å². The fourth-order valence-electron chi connectivity index (χ4n) is 1.96. The van der Waals surface area contributed by atoms with E-state index in [4.69, 9.17) is 0 Å². The van der Waals surface area contributed by atoms with Crippen LogP contribution in [0, 0.1) is 0 Å². The van der Waals surface area contributed by atoms with Crippen molar-refractivity contribution in [1.29, 1.82) is 0 Å². The summed E-state index contributed by atoms with van der Waals surface area (Å²) >= 11 is 1.22. The molecule has 0 saturated carbocycles. The molecule has 128 valence electrons. The molecule has 0 unspecified atom stereocenters. The van der Waals surface area contributed by atoms with Gasteiger partial charge in [-0.3, -0.25) is 9.59 Å². The fourth-order valence-corrected chi connectivity index (χ4v) is 2.50. The largest absolute Gasteiger partial charge is 0.416 e. The Morgan fingerprint density at radius 3 is 2.67 bits per heavy atom. The van der Waals surface area contributed by atoms with Crippen LogP contribution >= 0.6 is 11.3 Å². The number of carbonyl (C=O) groups is 2. The van der Waals surface area contributed by atoms with E-state index in [1.165, 1.54) is 34.6 Å². The number of benzene rings is 1. The molecular weight excluding hydrogens is 343 g/mol. The first-order chi connectivity index (χ1) is 11.3. The Hall–Kier alpha value is -2.42. The molecule has 0 aliphatic rings. The predicted octanol–water partition coefficient (Wildman–Crippen LogP) is 3.26. The van der Waals surface area contributed by atoms with E-state index in [0.29, 0.717) is 5.13 Å². The Kier molecular flexibility index (Phi) is 5.55. The van der Waals surface area contributed by atoms with Crippen LogP contribution in [0.15, 0.2) is 35.8 Å². The number of likely N-dealkylation sites (N-methyl/N-ethyl adjacent to an activating group) is 1. The number of nitrogens with one attached hydrogen (secondary N) is 1. The summed E-state index contributed by atoms with van der Waals surface area (Å²) in [5, 5.41) is 4.60. The number of nitrogens with zero attached hydrogens (tertiary/aromatic N) is 2. The molecule has 0 fully saturated rings. The van der Waals surface area contributed by atoms with Crippen LogP contribution in [0.4, 0.5) is 18.3 Å². The third kappa shape index (κ3) is 4.54. The second kappa shape index (κ2) is 7.43. The van der Waals surface area contributed by atoms with Crippen LogP contribution in [0.3, 0.4) is 0 Å². The molecule has 0 atom stereocenters. The summed E-state index contributed by atoms with van der Waals surface area (Å²) in [5.74, 6) is -1.11. The van der Waals surface area contributed by atoms with Crippen molar-refractivity contribution in [3.05, 3.63) is 47.0 Å². The summed E-state index contributed by atoms with van der Waals surface area (Å²) < 4.78 is 38.2. The molecule has 1 heterocycles. The van der Waals surface area contributed by atoms with Crippen molar-refractivity contribution >= 4 is 28.3 Å². The summed E-state index contributed by atoms with van der Waals surface area (Å²) in [4.78, 5) is 29.3. The third-order valence-electron chi connectivity index (χ3n) is 3.12. The van der Waals surface area contributed by atoms with Crippen molar-refractivity contribution in [2.45, 2.75) is 13.1 Å². The molecule has 1 aromatic carbocycles. The summed E-state index contributed by atoms with van der Waals surface area (Å²) in [6.45, 7) is 1.55. The first-order valence-electron chi connectivity index (χ1n) is 6.97. The first kappa shape index (κ1) is 17.9. The van der Waals surface area contributed by atoms with Gasteiger partial charge in [0.15, 0.2) is 5.13 Å². The minimum absolute atomic E-state index is 0.117. The maximum atomic E-state index is 12.7. The number of amides is 2. The SMILES string of the molecule is CCN(CC(=O)Nc1nccs1)C(=O)c1cccc(C(F)(F)F)c1. The molecule has 0 aliphatic heterocycles. The summed E-state index contributed by atoms with van der Waals surface area (Å²) in [5.41, 5.74) is -1.02. The Labute approximate surface area is 140 Å². The Balaban J connectivity index is 2.09. The minimum atomic E-state index is -4.53. The van der Waals surface area contributed by atoms with E-state index >= 15 is 0 Å². The summed E-state index contributed by atoms with van der Waals surface area (Å²) in [7, 11) is 0. The second-order valence-corrected chi connectivity index (χ2v) is 5.68. The van der Waals surface area contributed by atoms with Gasteiger partial charge in [0.1, 0.15) is 6.54 Å². The molecule has 24 heavy (non-hydrogen) atoms. The van der Waals surface area contributed by atoms with Crippen molar-refractivity contribution in [3.63, 3.8) is 0 Å². The van der Waals surface area contributed by atoms with Gasteiger partial charge in [-0.25, -0.2) is 4.98 Å². The molecule has 0 spiro atoms. The predicted molar refractivity (Wildman–Crippen MR) is 83.8 cm³/mol. The van der Waals surface area contributed by atoms with Gasteiger partial charge in [0, 0.05) is 23.7 Å². The van der Waals surface area contributed by atoms with E-state index in [-0.39, 0.29) is 18.7 Å². The molecule has 2 rings (SSSR count). The highest BCUT2D eigenvalue weighted by Gasteiger charge is 2.31. The van der Waals surface area contributed by atoms with Crippen molar-refractivity contribution < 1.29 is 22.8 Å². The van der Waals surface area contributed by atoms with Crippen molar-refractivity contribution in [1.82, 2.24) is 9.88 Å². The molecule has 0 saturated heterocycles. The number of rotatable bonds is 5. The Morgan fingerprint density at radius 2 is 2.08 bits per heavy atom. The van der Waals surface area contributed by atoms with E-state index in [1.807, 2.05) is 0 Å². The molecule has 2 amide bonds. The zero-order chi connectivity index (χ0) is 17.7. The van der Waals surface area contributed by atoms with Crippen LogP contribution < -0.4 is 5.32 Å². The molecule has 5 nitrogen and oxygen atoms in total. The zero-order valence-electron chi connectivity index (χ0n) is 12.6. The standard InChI is InChI=1S/C15H14F3N3O2S/c1-2-21(9-12(22)20-14-19-6-7-24-14)13(23)10-4-3-5-11(8-10)15(16,17)18/h3-8H,2,9H2,1H3,(H,19,20,22). The Bertz CT molecular complexity index is 717. The van der Waals surface area contributed by atoms with Gasteiger partial charge in [0.05, 0.1) is 5.56 Å². The summed E-state index contributed by atoms with van der Waals surface area (Å²) in [6.07, 6.45) is -3.01. The fraction of sp³-hybridized carbons (Fsp3) is 0.267. The summed E-state index contributed by atoms with van der Waals surface area (Å²) in [6, 6.07) is 4.13. The van der Waals surface area contributed by atoms with Crippen LogP contribution in [0.25, 0.3) is 0 Å². The average molecular weight is 357 g/mol. The highest BCUT2D eigenvalue weighted by molar-refractivity contribution is 7.13. The van der Waals surface area contributed by atoms with E-state index in [0.717, 1.165) is 12.1 Å². The van der Waals surface area contributed by atoms with Gasteiger partial charge in [-0.1, -0.05) is 6.07 Å². The van der Waals surface area contributed by atoms with Gasteiger partial charge < -0.3 is 10.2 Å². The van der Waals surface area contributed by atoms with Gasteiger partial charge in [-0.2, -0.15) is 13.2 Å². The molecule has 1 aromatic heterocycles. The number of thiazole rings is 1. The van der Waals surface area contributed by atoms with E-state index in [1.54, 1.807) is 12.3 Å². The van der Waals surface area contributed by atoms with Crippen LogP contribution in [-0.4, -0.2) is 34.8 Å². The number of hydrogen-bond acceptors (Lipinski definition) is 4. The number of alkyl halides is 3. The van der Waals surface area contributed by atoms with E-state index < -0.39 is 23.6 Å². The van der Waals surface area contributed by atoms with Crippen LogP contribution in [0.1, 0.15) is 22.8 Å². The van der Waals surface area contributed by atoms with Crippen LogP contribution in [0.2, 0.25) is 0 Å². The smallest absolute Gasteiger partial charge is 0.330 e. The lowest BCUT2D eigenvalue weighted by molar-refractivity contribution is -0.137. The lowest BCUT2D eigenvalue weighted by Crippen LogP contribution is -2.38. The molecule has 2 aromatic rings. The van der Waals surface area contributed by atoms with Gasteiger partial charge in [-0.05, 0) is 25.1 Å². The highest BCUT2D eigenvalue weighted by Crippen LogP contribution is 2.29. The number of carbonyl (C=O) groups excluding carboxylic acids is 2. The first-order valence-corrected chi connectivity index (χ1v) is 7.85. The molecule has 0 radical (unpaired) electrons. The van der Waals surface area contributed by atoms with E-state index in [2.05, 4.69) is 10.3 Å². The third-order valence-corrected chi connectivity index (χ3v) is 3.81. The van der Waals surface area contributed by atoms with Crippen LogP contribution in [-0.2, 0) is 11.0 Å². The van der Waals surface area contributed by atoms with Crippen molar-refractivity contribution in [2.24, 2.45) is 0 Å². The normalized spacial score (nSPS) is 11.2. The highest BCUT2D eigenvalue weighted by atomic mass is 32.1. The van der Waals surface area contributed by atoms with E-state index in [9.17, 15) is 22.8 Å². The monoisotopic (exact) mass is 357 g/mol. The number of halogens is 3. The van der Waals surface area contributed by atoms with Crippen molar-refractivity contribution in [2.75, 3.05) is 18.4 Å². The van der Waals surface area contributed by atoms with Gasteiger partial charge in [-0.15, -0.1) is 11.3 Å². The van der Waals surface area contributed by atoms with Crippen molar-refractivity contribution in [3.8, 4) is 0 Å². The van der Waals surface area contributed by atoms with Gasteiger partial charge >= 0.3 is 6.18 Å². The molecule has 1 N–H and O–H groups in total. The molecule has 0 bridgehead atoms. The number of anilines is 1. The van der Waals surface area contributed by atoms with Gasteiger partial charge in [0.2, 0.25) is 5.91 Å². The minimum Gasteiger partial charge on any atom is -0.330 e. The second-order valence-electron chi connectivity index (χ2n) is 4.78. The molecule has 0 aliphatic carbocycles. The molecular formula is C15H14F3N3O2S. The quantitative estimate of drug-likeness (QED) is 0.893. The van der Waals surface area contributed by atoms with Crippen LogP contribution in [0.5, 0.6) is 0 Å².